The summed E-state index contributed by atoms with van der Waals surface area (Å²) in [6.45, 7) is 2.83. The van der Waals surface area contributed by atoms with Crippen LogP contribution in [0.4, 0.5) is 11.5 Å². The molecule has 1 aliphatic rings. The van der Waals surface area contributed by atoms with Gasteiger partial charge in [0.2, 0.25) is 0 Å². The van der Waals surface area contributed by atoms with E-state index in [4.69, 9.17) is 10.5 Å². The third-order valence-corrected chi connectivity index (χ3v) is 3.22. The third-order valence-electron chi connectivity index (χ3n) is 3.22. The molecule has 1 saturated heterocycles. The van der Waals surface area contributed by atoms with Crippen LogP contribution in [0.2, 0.25) is 0 Å². The number of hydrogen-bond acceptors (Lipinski definition) is 6. The Labute approximate surface area is 110 Å². The molecule has 1 aliphatic heterocycles. The summed E-state index contributed by atoms with van der Waals surface area (Å²) < 4.78 is 6.77. The minimum atomic E-state index is -0.526. The zero-order valence-electron chi connectivity index (χ0n) is 11.1. The summed E-state index contributed by atoms with van der Waals surface area (Å²) in [4.78, 5) is 27.4. The molecule has 1 unspecified atom stereocenters. The molecular formula is C11H19N5O3. The molecule has 2 rings (SSSR count). The van der Waals surface area contributed by atoms with Crippen LogP contribution in [0.3, 0.4) is 0 Å². The highest BCUT2D eigenvalue weighted by Crippen LogP contribution is 2.10. The Morgan fingerprint density at radius 1 is 1.47 bits per heavy atom. The fourth-order valence-corrected chi connectivity index (χ4v) is 2.01. The largest absolute Gasteiger partial charge is 0.383 e. The van der Waals surface area contributed by atoms with Crippen LogP contribution >= 0.6 is 0 Å². The summed E-state index contributed by atoms with van der Waals surface area (Å²) in [6, 6.07) is 0. The van der Waals surface area contributed by atoms with Gasteiger partial charge in [0.05, 0.1) is 12.7 Å². The van der Waals surface area contributed by atoms with Crippen molar-refractivity contribution < 1.29 is 4.74 Å². The molecule has 0 amide bonds. The third kappa shape index (κ3) is 2.96. The van der Waals surface area contributed by atoms with E-state index in [2.05, 4.69) is 15.2 Å². The molecule has 1 fully saturated rings. The maximum absolute atomic E-state index is 11.7. The number of aromatic amines is 1. The summed E-state index contributed by atoms with van der Waals surface area (Å²) in [7, 11) is 3.52. The van der Waals surface area contributed by atoms with Gasteiger partial charge in [0.25, 0.3) is 5.56 Å². The summed E-state index contributed by atoms with van der Waals surface area (Å²) in [5, 5.41) is 2.96. The lowest BCUT2D eigenvalue weighted by atomic mass is 10.2. The Morgan fingerprint density at radius 3 is 2.89 bits per heavy atom. The molecule has 1 aromatic rings. The van der Waals surface area contributed by atoms with Gasteiger partial charge in [-0.15, -0.1) is 0 Å². The van der Waals surface area contributed by atoms with E-state index < -0.39 is 11.2 Å². The van der Waals surface area contributed by atoms with Crippen molar-refractivity contribution in [3.8, 4) is 0 Å². The maximum Gasteiger partial charge on any atom is 0.329 e. The predicted octanol–water partition coefficient (Wildman–Crippen LogP) is -1.60. The Bertz CT molecular complexity index is 564. The lowest BCUT2D eigenvalue weighted by Crippen LogP contribution is -2.44. The topological polar surface area (TPSA) is 105 Å². The van der Waals surface area contributed by atoms with Crippen LogP contribution in [0, 0.1) is 0 Å². The Balaban J connectivity index is 2.10. The quantitative estimate of drug-likeness (QED) is 0.610. The molecule has 0 aromatic carbocycles. The van der Waals surface area contributed by atoms with Gasteiger partial charge in [-0.2, -0.15) is 0 Å². The van der Waals surface area contributed by atoms with Crippen molar-refractivity contribution in [1.29, 1.82) is 0 Å². The van der Waals surface area contributed by atoms with Gasteiger partial charge in [0, 0.05) is 26.7 Å². The van der Waals surface area contributed by atoms with E-state index in [1.807, 2.05) is 7.05 Å². The van der Waals surface area contributed by atoms with Crippen LogP contribution < -0.4 is 22.3 Å². The highest BCUT2D eigenvalue weighted by atomic mass is 16.5. The van der Waals surface area contributed by atoms with Crippen LogP contribution in [0.5, 0.6) is 0 Å². The number of anilines is 2. The standard InChI is InChI=1S/C11H19N5O3/c1-15-3-4-19-7(6-15)5-13-8-9(12)16(2)11(18)14-10(8)17/h7,13H,3-6,12H2,1-2H3,(H,14,17,18). The van der Waals surface area contributed by atoms with Crippen LogP contribution in [-0.2, 0) is 11.8 Å². The minimum absolute atomic E-state index is 0.00483. The molecule has 0 radical (unpaired) electrons. The van der Waals surface area contributed by atoms with E-state index in [9.17, 15) is 9.59 Å². The lowest BCUT2D eigenvalue weighted by molar-refractivity contribution is -0.0117. The maximum atomic E-state index is 11.7. The van der Waals surface area contributed by atoms with Crippen molar-refractivity contribution in [2.45, 2.75) is 6.10 Å². The molecule has 1 atom stereocenters. The van der Waals surface area contributed by atoms with E-state index in [1.54, 1.807) is 0 Å². The average molecular weight is 269 g/mol. The highest BCUT2D eigenvalue weighted by Gasteiger charge is 2.18. The molecule has 0 bridgehead atoms. The van der Waals surface area contributed by atoms with Crippen molar-refractivity contribution in [2.75, 3.05) is 44.3 Å². The molecule has 106 valence electrons. The number of ether oxygens (including phenoxy) is 1. The summed E-state index contributed by atoms with van der Waals surface area (Å²) in [5.74, 6) is 0.123. The average Bonchev–Trinajstić information content (AvgIpc) is 2.36. The molecule has 1 aromatic heterocycles. The van der Waals surface area contributed by atoms with Crippen molar-refractivity contribution in [3.05, 3.63) is 20.8 Å². The van der Waals surface area contributed by atoms with Gasteiger partial charge < -0.3 is 20.7 Å². The number of H-pyrrole nitrogens is 1. The van der Waals surface area contributed by atoms with Crippen LogP contribution in [0.1, 0.15) is 0 Å². The number of hydrogen-bond donors (Lipinski definition) is 3. The van der Waals surface area contributed by atoms with Gasteiger partial charge in [0.1, 0.15) is 11.5 Å². The van der Waals surface area contributed by atoms with Crippen molar-refractivity contribution in [3.63, 3.8) is 0 Å². The predicted molar refractivity (Wildman–Crippen MR) is 72.4 cm³/mol. The lowest BCUT2D eigenvalue weighted by Gasteiger charge is -2.30. The number of nitrogen functional groups attached to an aromatic ring is 1. The molecule has 0 aliphatic carbocycles. The Hall–Kier alpha value is -1.80. The monoisotopic (exact) mass is 269 g/mol. The molecule has 0 spiro atoms. The number of likely N-dealkylation sites (N-methyl/N-ethyl adjacent to an activating group) is 1. The van der Waals surface area contributed by atoms with E-state index in [-0.39, 0.29) is 17.6 Å². The molecular weight excluding hydrogens is 250 g/mol. The molecule has 0 saturated carbocycles. The van der Waals surface area contributed by atoms with Gasteiger partial charge in [-0.1, -0.05) is 0 Å². The first kappa shape index (κ1) is 13.6. The number of morpholine rings is 1. The number of aromatic nitrogens is 2. The molecule has 8 nitrogen and oxygen atoms in total. The molecule has 2 heterocycles. The van der Waals surface area contributed by atoms with Crippen LogP contribution in [-0.4, -0.2) is 53.8 Å². The van der Waals surface area contributed by atoms with Crippen LogP contribution in [0.15, 0.2) is 9.59 Å². The van der Waals surface area contributed by atoms with Crippen LogP contribution in [0.25, 0.3) is 0 Å². The van der Waals surface area contributed by atoms with Gasteiger partial charge >= 0.3 is 5.69 Å². The molecule has 4 N–H and O–H groups in total. The molecule has 19 heavy (non-hydrogen) atoms. The number of nitrogens with zero attached hydrogens (tertiary/aromatic N) is 2. The SMILES string of the molecule is CN1CCOC(CNc2c(N)n(C)c(=O)[nH]c2=O)C1. The van der Waals surface area contributed by atoms with Gasteiger partial charge in [-0.05, 0) is 7.05 Å². The van der Waals surface area contributed by atoms with Gasteiger partial charge in [-0.3, -0.25) is 14.3 Å². The second-order valence-electron chi connectivity index (χ2n) is 4.71. The molecule has 8 heteroatoms. The highest BCUT2D eigenvalue weighted by molar-refractivity contribution is 5.60. The van der Waals surface area contributed by atoms with Crippen molar-refractivity contribution >= 4 is 11.5 Å². The Kier molecular flexibility index (Phi) is 3.91. The number of nitrogens with two attached hydrogens (primary N) is 1. The first-order valence-electron chi connectivity index (χ1n) is 6.12. The normalized spacial score (nSPS) is 20.4. The fraction of sp³-hybridized carbons (Fsp3) is 0.636. The number of nitrogens with one attached hydrogen (secondary N) is 2. The summed E-state index contributed by atoms with van der Waals surface area (Å²) in [6.07, 6.45) is -0.00483. The Morgan fingerprint density at radius 2 is 2.21 bits per heavy atom. The van der Waals surface area contributed by atoms with E-state index in [0.29, 0.717) is 13.2 Å². The first-order valence-corrected chi connectivity index (χ1v) is 6.12. The second kappa shape index (κ2) is 5.45. The fourth-order valence-electron chi connectivity index (χ4n) is 2.01. The summed E-state index contributed by atoms with van der Waals surface area (Å²) >= 11 is 0. The van der Waals surface area contributed by atoms with Gasteiger partial charge in [-0.25, -0.2) is 4.79 Å². The van der Waals surface area contributed by atoms with E-state index in [1.165, 1.54) is 11.6 Å². The zero-order valence-corrected chi connectivity index (χ0v) is 11.1. The first-order chi connectivity index (χ1) is 8.99. The van der Waals surface area contributed by atoms with Gasteiger partial charge in [0.15, 0.2) is 0 Å². The van der Waals surface area contributed by atoms with E-state index in [0.717, 1.165) is 13.1 Å². The second-order valence-corrected chi connectivity index (χ2v) is 4.71. The smallest absolute Gasteiger partial charge is 0.329 e. The number of rotatable bonds is 3. The summed E-state index contributed by atoms with van der Waals surface area (Å²) in [5.41, 5.74) is 4.93. The van der Waals surface area contributed by atoms with E-state index >= 15 is 0 Å². The van der Waals surface area contributed by atoms with Crippen molar-refractivity contribution in [2.24, 2.45) is 7.05 Å². The zero-order chi connectivity index (χ0) is 14.0. The minimum Gasteiger partial charge on any atom is -0.383 e. The van der Waals surface area contributed by atoms with Crippen molar-refractivity contribution in [1.82, 2.24) is 14.5 Å².